The Balaban J connectivity index is 1.72. The Labute approximate surface area is 125 Å². The van der Waals surface area contributed by atoms with Crippen LogP contribution in [-0.4, -0.2) is 35.9 Å². The summed E-state index contributed by atoms with van der Waals surface area (Å²) in [6, 6.07) is 6.22. The largest absolute Gasteiger partial charge is 0.469 e. The zero-order valence-electron chi connectivity index (χ0n) is 11.8. The molecule has 0 unspecified atom stereocenters. The monoisotopic (exact) mass is 303 g/mol. The molecule has 7 nitrogen and oxygen atoms in total. The smallest absolute Gasteiger partial charge is 0.337 e. The Bertz CT molecular complexity index is 647. The number of rotatable bonds is 3. The molecule has 1 fully saturated rings. The number of esters is 1. The van der Waals surface area contributed by atoms with Crippen molar-refractivity contribution in [3.8, 4) is 0 Å². The molecule has 0 radical (unpaired) electrons. The van der Waals surface area contributed by atoms with Crippen molar-refractivity contribution in [1.29, 1.82) is 0 Å². The quantitative estimate of drug-likeness (QED) is 0.610. The van der Waals surface area contributed by atoms with E-state index in [0.717, 1.165) is 0 Å². The minimum Gasteiger partial charge on any atom is -0.469 e. The van der Waals surface area contributed by atoms with Crippen molar-refractivity contribution in [2.45, 2.75) is 12.8 Å². The lowest BCUT2D eigenvalue weighted by atomic mass is 9.74. The molecule has 0 bridgehead atoms. The summed E-state index contributed by atoms with van der Waals surface area (Å²) in [7, 11) is 1.24. The molecule has 22 heavy (non-hydrogen) atoms. The van der Waals surface area contributed by atoms with Crippen LogP contribution >= 0.6 is 0 Å². The predicted molar refractivity (Wildman–Crippen MR) is 71.3 cm³/mol. The molecular formula is C15H13NO6. The van der Waals surface area contributed by atoms with Gasteiger partial charge in [-0.05, 0) is 25.0 Å². The Morgan fingerprint density at radius 2 is 1.50 bits per heavy atom. The molecule has 2 aliphatic rings. The van der Waals surface area contributed by atoms with E-state index >= 15 is 0 Å². The highest BCUT2D eigenvalue weighted by molar-refractivity contribution is 6.20. The predicted octanol–water partition coefficient (Wildman–Crippen LogP) is 0.940. The van der Waals surface area contributed by atoms with Gasteiger partial charge in [0.25, 0.3) is 11.8 Å². The van der Waals surface area contributed by atoms with Crippen LogP contribution < -0.4 is 0 Å². The fraction of sp³-hybridized carbons (Fsp3) is 0.333. The van der Waals surface area contributed by atoms with Gasteiger partial charge in [0.1, 0.15) is 0 Å². The number of ether oxygens (including phenoxy) is 1. The van der Waals surface area contributed by atoms with E-state index in [2.05, 4.69) is 4.74 Å². The van der Waals surface area contributed by atoms with Gasteiger partial charge < -0.3 is 9.57 Å². The zero-order valence-corrected chi connectivity index (χ0v) is 11.8. The fourth-order valence-corrected chi connectivity index (χ4v) is 2.62. The van der Waals surface area contributed by atoms with Crippen molar-refractivity contribution in [3.05, 3.63) is 35.4 Å². The summed E-state index contributed by atoms with van der Waals surface area (Å²) in [5.74, 6) is -3.87. The maximum Gasteiger partial charge on any atom is 0.337 e. The molecule has 2 amide bonds. The van der Waals surface area contributed by atoms with E-state index in [-0.39, 0.29) is 11.1 Å². The lowest BCUT2D eigenvalue weighted by Crippen LogP contribution is -2.43. The van der Waals surface area contributed by atoms with Crippen LogP contribution in [0.4, 0.5) is 0 Å². The Kier molecular flexibility index (Phi) is 3.40. The summed E-state index contributed by atoms with van der Waals surface area (Å²) in [6.45, 7) is 0. The van der Waals surface area contributed by atoms with Gasteiger partial charge >= 0.3 is 11.9 Å². The van der Waals surface area contributed by atoms with Gasteiger partial charge in [0.2, 0.25) is 0 Å². The number of fused-ring (bicyclic) bond motifs is 1. The van der Waals surface area contributed by atoms with Crippen molar-refractivity contribution >= 4 is 23.8 Å². The number of methoxy groups -OCH3 is 1. The summed E-state index contributed by atoms with van der Waals surface area (Å²) in [5.41, 5.74) is 0.386. The molecule has 3 rings (SSSR count). The number of imide groups is 1. The SMILES string of the molecule is COC(=O)[C@@H]1CC[C@@H]1C(=O)ON1C(=O)c2ccccc2C1=O. The van der Waals surface area contributed by atoms with Gasteiger partial charge in [0.15, 0.2) is 0 Å². The summed E-state index contributed by atoms with van der Waals surface area (Å²) in [5, 5.41) is 0.458. The molecule has 1 aromatic rings. The van der Waals surface area contributed by atoms with E-state index in [0.29, 0.717) is 17.9 Å². The number of hydroxylamine groups is 2. The van der Waals surface area contributed by atoms with Crippen molar-refractivity contribution < 1.29 is 28.8 Å². The van der Waals surface area contributed by atoms with Crippen LogP contribution in [0.2, 0.25) is 0 Å². The Morgan fingerprint density at radius 3 is 1.95 bits per heavy atom. The number of benzene rings is 1. The lowest BCUT2D eigenvalue weighted by molar-refractivity contribution is -0.184. The average molecular weight is 303 g/mol. The maximum absolute atomic E-state index is 12.1. The minimum atomic E-state index is -0.767. The van der Waals surface area contributed by atoms with E-state index < -0.39 is 35.6 Å². The molecule has 114 valence electrons. The third kappa shape index (κ3) is 2.05. The molecule has 1 aliphatic heterocycles. The molecule has 7 heteroatoms. The molecular weight excluding hydrogens is 290 g/mol. The van der Waals surface area contributed by atoms with Gasteiger partial charge in [0, 0.05) is 0 Å². The third-order valence-electron chi connectivity index (χ3n) is 4.02. The second-order valence-corrected chi connectivity index (χ2v) is 5.17. The highest BCUT2D eigenvalue weighted by Crippen LogP contribution is 2.36. The molecule has 1 aliphatic carbocycles. The molecule has 0 saturated heterocycles. The molecule has 0 spiro atoms. The topological polar surface area (TPSA) is 90.0 Å². The van der Waals surface area contributed by atoms with Crippen LogP contribution in [0.3, 0.4) is 0 Å². The lowest BCUT2D eigenvalue weighted by Gasteiger charge is -2.32. The summed E-state index contributed by atoms with van der Waals surface area (Å²) >= 11 is 0. The van der Waals surface area contributed by atoms with Crippen molar-refractivity contribution in [1.82, 2.24) is 5.06 Å². The van der Waals surface area contributed by atoms with Gasteiger partial charge in [-0.2, -0.15) is 0 Å². The Morgan fingerprint density at radius 1 is 1.00 bits per heavy atom. The van der Waals surface area contributed by atoms with Crippen molar-refractivity contribution in [3.63, 3.8) is 0 Å². The van der Waals surface area contributed by atoms with Crippen LogP contribution in [0, 0.1) is 11.8 Å². The van der Waals surface area contributed by atoms with Gasteiger partial charge in [0.05, 0.1) is 30.1 Å². The number of hydrogen-bond donors (Lipinski definition) is 0. The van der Waals surface area contributed by atoms with Crippen LogP contribution in [-0.2, 0) is 19.2 Å². The van der Waals surface area contributed by atoms with E-state index in [1.54, 1.807) is 12.1 Å². The number of hydrogen-bond acceptors (Lipinski definition) is 6. The number of carbonyl (C=O) groups is 4. The molecule has 2 atom stereocenters. The summed E-state index contributed by atoms with van der Waals surface area (Å²) < 4.78 is 4.60. The number of carbonyl (C=O) groups excluding carboxylic acids is 4. The highest BCUT2D eigenvalue weighted by Gasteiger charge is 2.46. The second kappa shape index (κ2) is 5.25. The normalized spacial score (nSPS) is 22.9. The summed E-state index contributed by atoms with van der Waals surface area (Å²) in [6.07, 6.45) is 0.982. The number of nitrogens with zero attached hydrogens (tertiary/aromatic N) is 1. The first-order valence-corrected chi connectivity index (χ1v) is 6.82. The first-order chi connectivity index (χ1) is 10.5. The van der Waals surface area contributed by atoms with E-state index in [1.165, 1.54) is 19.2 Å². The van der Waals surface area contributed by atoms with E-state index in [9.17, 15) is 19.2 Å². The van der Waals surface area contributed by atoms with Crippen molar-refractivity contribution in [2.75, 3.05) is 7.11 Å². The van der Waals surface area contributed by atoms with E-state index in [1.807, 2.05) is 0 Å². The fourth-order valence-electron chi connectivity index (χ4n) is 2.62. The first kappa shape index (κ1) is 14.2. The van der Waals surface area contributed by atoms with Crippen molar-refractivity contribution in [2.24, 2.45) is 11.8 Å². The van der Waals surface area contributed by atoms with E-state index in [4.69, 9.17) is 4.84 Å². The van der Waals surface area contributed by atoms with Gasteiger partial charge in [-0.3, -0.25) is 14.4 Å². The Hall–Kier alpha value is -2.70. The molecule has 1 heterocycles. The second-order valence-electron chi connectivity index (χ2n) is 5.17. The molecule has 0 N–H and O–H groups in total. The van der Waals surface area contributed by atoms with Crippen LogP contribution in [0.1, 0.15) is 33.6 Å². The van der Waals surface area contributed by atoms with Crippen LogP contribution in [0.5, 0.6) is 0 Å². The number of amides is 2. The third-order valence-corrected chi connectivity index (χ3v) is 4.02. The maximum atomic E-state index is 12.1. The van der Waals surface area contributed by atoms with Gasteiger partial charge in [-0.1, -0.05) is 17.2 Å². The molecule has 0 aromatic heterocycles. The average Bonchev–Trinajstić information content (AvgIpc) is 2.71. The highest BCUT2D eigenvalue weighted by atomic mass is 16.7. The zero-order chi connectivity index (χ0) is 15.9. The molecule has 1 aromatic carbocycles. The standard InChI is InChI=1S/C15H13NO6/c1-21-14(19)10-6-7-11(10)15(20)22-16-12(17)8-4-2-3-5-9(8)13(16)18/h2-5,10-11H,6-7H2,1H3/t10-,11+/m1/s1. The van der Waals surface area contributed by atoms with Crippen LogP contribution in [0.25, 0.3) is 0 Å². The van der Waals surface area contributed by atoms with Gasteiger partial charge in [-0.15, -0.1) is 0 Å². The minimum absolute atomic E-state index is 0.193. The van der Waals surface area contributed by atoms with Gasteiger partial charge in [-0.25, -0.2) is 4.79 Å². The molecule has 1 saturated carbocycles. The summed E-state index contributed by atoms with van der Waals surface area (Å²) in [4.78, 5) is 52.6. The van der Waals surface area contributed by atoms with Crippen LogP contribution in [0.15, 0.2) is 24.3 Å². The first-order valence-electron chi connectivity index (χ1n) is 6.82.